The summed E-state index contributed by atoms with van der Waals surface area (Å²) in [7, 11) is 0. The molecule has 1 aliphatic heterocycles. The molecule has 1 heterocycles. The van der Waals surface area contributed by atoms with Crippen molar-refractivity contribution in [1.29, 1.82) is 0 Å². The number of hydrogen-bond donors (Lipinski definition) is 0. The van der Waals surface area contributed by atoms with Crippen molar-refractivity contribution in [3.8, 4) is 0 Å². The van der Waals surface area contributed by atoms with Gasteiger partial charge in [-0.1, -0.05) is 44.0 Å². The van der Waals surface area contributed by atoms with Crippen LogP contribution < -0.4 is 0 Å². The first-order valence-corrected chi connectivity index (χ1v) is 6.26. The fraction of sp³-hybridized carbons (Fsp3) is 0.538. The van der Waals surface area contributed by atoms with Crippen molar-refractivity contribution in [2.24, 2.45) is 20.7 Å². The van der Waals surface area contributed by atoms with Gasteiger partial charge in [0.15, 0.2) is 6.17 Å². The van der Waals surface area contributed by atoms with Crippen LogP contribution in [0.4, 0.5) is 0 Å². The number of nitrogens with zero attached hydrogens (tertiary/aromatic N) is 4. The van der Waals surface area contributed by atoms with Crippen molar-refractivity contribution >= 4 is 0 Å². The van der Waals surface area contributed by atoms with Crippen LogP contribution in [0.2, 0.25) is 0 Å². The minimum Gasteiger partial charge on any atom is -0.138 e. The van der Waals surface area contributed by atoms with E-state index in [0.29, 0.717) is 0 Å². The molecule has 1 aromatic rings. The summed E-state index contributed by atoms with van der Waals surface area (Å²) in [5.41, 5.74) is 2.67. The smallest absolute Gasteiger partial charge is 0.138 e. The molecule has 0 bridgehead atoms. The molecule has 0 amide bonds. The standard InChI is InChI=1S/C13H18N4/c1-2-3-4-6-11-7-5-8-12(9-11)10-13-14-16-17-15-13/h5,7-9,13H,2-4,6,10H2,1H3. The van der Waals surface area contributed by atoms with Crippen LogP contribution in [-0.4, -0.2) is 6.17 Å². The molecule has 1 aliphatic rings. The predicted molar refractivity (Wildman–Crippen MR) is 66.9 cm³/mol. The van der Waals surface area contributed by atoms with E-state index < -0.39 is 0 Å². The average Bonchev–Trinajstić information content (AvgIpc) is 2.83. The maximum absolute atomic E-state index is 3.93. The second kappa shape index (κ2) is 6.23. The second-order valence-corrected chi connectivity index (χ2v) is 4.37. The maximum atomic E-state index is 3.93. The molecule has 0 aliphatic carbocycles. The van der Waals surface area contributed by atoms with Crippen molar-refractivity contribution < 1.29 is 0 Å². The third-order valence-corrected chi connectivity index (χ3v) is 2.89. The molecule has 1 aromatic carbocycles. The molecule has 0 radical (unpaired) electrons. The van der Waals surface area contributed by atoms with Gasteiger partial charge in [0.05, 0.1) is 0 Å². The van der Waals surface area contributed by atoms with Crippen LogP contribution >= 0.6 is 0 Å². The van der Waals surface area contributed by atoms with Crippen LogP contribution in [0.25, 0.3) is 0 Å². The molecule has 2 rings (SSSR count). The van der Waals surface area contributed by atoms with Gasteiger partial charge in [0.1, 0.15) is 0 Å². The molecule has 0 saturated carbocycles. The summed E-state index contributed by atoms with van der Waals surface area (Å²) in [6, 6.07) is 8.67. The van der Waals surface area contributed by atoms with Crippen LogP contribution in [0.15, 0.2) is 44.9 Å². The molecule has 0 atom stereocenters. The van der Waals surface area contributed by atoms with Crippen molar-refractivity contribution in [3.05, 3.63) is 35.4 Å². The Labute approximate surface area is 102 Å². The van der Waals surface area contributed by atoms with E-state index in [1.165, 1.54) is 30.4 Å². The zero-order valence-electron chi connectivity index (χ0n) is 10.2. The van der Waals surface area contributed by atoms with Gasteiger partial charge in [-0.3, -0.25) is 0 Å². The van der Waals surface area contributed by atoms with Crippen LogP contribution in [0.5, 0.6) is 0 Å². The molecule has 0 aromatic heterocycles. The Bertz CT molecular complexity index is 400. The third kappa shape index (κ3) is 3.73. The Morgan fingerprint density at radius 3 is 2.59 bits per heavy atom. The van der Waals surface area contributed by atoms with E-state index in [0.717, 1.165) is 12.8 Å². The minimum absolute atomic E-state index is 0.110. The van der Waals surface area contributed by atoms with Gasteiger partial charge in [-0.25, -0.2) is 0 Å². The summed E-state index contributed by atoms with van der Waals surface area (Å²) >= 11 is 0. The average molecular weight is 230 g/mol. The number of hydrogen-bond acceptors (Lipinski definition) is 4. The highest BCUT2D eigenvalue weighted by Crippen LogP contribution is 2.15. The van der Waals surface area contributed by atoms with Crippen LogP contribution in [-0.2, 0) is 12.8 Å². The highest BCUT2D eigenvalue weighted by molar-refractivity contribution is 5.24. The lowest BCUT2D eigenvalue weighted by molar-refractivity contribution is 0.693. The lowest BCUT2D eigenvalue weighted by Crippen LogP contribution is -2.02. The fourth-order valence-electron chi connectivity index (χ4n) is 1.97. The number of aryl methyl sites for hydroxylation is 1. The molecule has 0 fully saturated rings. The predicted octanol–water partition coefficient (Wildman–Crippen LogP) is 4.12. The summed E-state index contributed by atoms with van der Waals surface area (Å²) in [6.07, 6.45) is 5.69. The van der Waals surface area contributed by atoms with E-state index in [2.05, 4.69) is 51.9 Å². The number of unbranched alkanes of at least 4 members (excludes halogenated alkanes) is 2. The molecule has 0 N–H and O–H groups in total. The lowest BCUT2D eigenvalue weighted by atomic mass is 10.0. The second-order valence-electron chi connectivity index (χ2n) is 4.37. The zero-order valence-corrected chi connectivity index (χ0v) is 10.2. The van der Waals surface area contributed by atoms with Crippen molar-refractivity contribution in [2.75, 3.05) is 0 Å². The van der Waals surface area contributed by atoms with Gasteiger partial charge in [0.25, 0.3) is 0 Å². The first-order chi connectivity index (χ1) is 8.38. The van der Waals surface area contributed by atoms with Crippen molar-refractivity contribution in [3.63, 3.8) is 0 Å². The molecular formula is C13H18N4. The van der Waals surface area contributed by atoms with E-state index in [-0.39, 0.29) is 6.17 Å². The number of benzene rings is 1. The van der Waals surface area contributed by atoms with Crippen molar-refractivity contribution in [1.82, 2.24) is 0 Å². The maximum Gasteiger partial charge on any atom is 0.189 e. The van der Waals surface area contributed by atoms with E-state index in [1.54, 1.807) is 0 Å². The number of rotatable bonds is 6. The Kier molecular flexibility index (Phi) is 4.36. The monoisotopic (exact) mass is 230 g/mol. The van der Waals surface area contributed by atoms with Gasteiger partial charge in [0.2, 0.25) is 0 Å². The van der Waals surface area contributed by atoms with Crippen LogP contribution in [0.1, 0.15) is 37.3 Å². The first-order valence-electron chi connectivity index (χ1n) is 6.26. The van der Waals surface area contributed by atoms with Crippen LogP contribution in [0, 0.1) is 0 Å². The highest BCUT2D eigenvalue weighted by Gasteiger charge is 2.10. The molecule has 4 nitrogen and oxygen atoms in total. The molecule has 4 heteroatoms. The Morgan fingerprint density at radius 2 is 1.82 bits per heavy atom. The Hall–Kier alpha value is -1.58. The SMILES string of the molecule is CCCCCc1cccc(CC2N=NN=N2)c1. The Morgan fingerprint density at radius 1 is 1.06 bits per heavy atom. The van der Waals surface area contributed by atoms with Gasteiger partial charge >= 0.3 is 0 Å². The van der Waals surface area contributed by atoms with Gasteiger partial charge in [0, 0.05) is 6.42 Å². The van der Waals surface area contributed by atoms with Gasteiger partial charge < -0.3 is 0 Å². The Balaban J connectivity index is 1.91. The summed E-state index contributed by atoms with van der Waals surface area (Å²) in [6.45, 7) is 2.23. The summed E-state index contributed by atoms with van der Waals surface area (Å²) in [4.78, 5) is 0. The molecule has 17 heavy (non-hydrogen) atoms. The van der Waals surface area contributed by atoms with Gasteiger partial charge in [-0.2, -0.15) is 0 Å². The van der Waals surface area contributed by atoms with Crippen LogP contribution in [0.3, 0.4) is 0 Å². The topological polar surface area (TPSA) is 49.4 Å². The molecule has 0 unspecified atom stereocenters. The normalized spacial score (nSPS) is 14.6. The third-order valence-electron chi connectivity index (χ3n) is 2.89. The van der Waals surface area contributed by atoms with E-state index in [9.17, 15) is 0 Å². The molecule has 90 valence electrons. The zero-order chi connectivity index (χ0) is 11.9. The van der Waals surface area contributed by atoms with E-state index >= 15 is 0 Å². The molecule has 0 spiro atoms. The first kappa shape index (κ1) is 11.9. The molecular weight excluding hydrogens is 212 g/mol. The fourth-order valence-corrected chi connectivity index (χ4v) is 1.97. The van der Waals surface area contributed by atoms with Gasteiger partial charge in [-0.15, -0.1) is 10.2 Å². The highest BCUT2D eigenvalue weighted by atomic mass is 15.6. The van der Waals surface area contributed by atoms with Gasteiger partial charge in [-0.05, 0) is 34.4 Å². The largest absolute Gasteiger partial charge is 0.189 e. The molecule has 0 saturated heterocycles. The summed E-state index contributed by atoms with van der Waals surface area (Å²) < 4.78 is 0. The minimum atomic E-state index is -0.110. The quantitative estimate of drug-likeness (QED) is 0.660. The summed E-state index contributed by atoms with van der Waals surface area (Å²) in [5, 5.41) is 14.9. The van der Waals surface area contributed by atoms with E-state index in [4.69, 9.17) is 0 Å². The lowest BCUT2D eigenvalue weighted by Gasteiger charge is -2.05. The van der Waals surface area contributed by atoms with E-state index in [1.807, 2.05) is 0 Å². The van der Waals surface area contributed by atoms with Crippen molar-refractivity contribution in [2.45, 2.75) is 45.2 Å². The summed E-state index contributed by atoms with van der Waals surface area (Å²) in [5.74, 6) is 0.